The number of methoxy groups -OCH3 is 3. The van der Waals surface area contributed by atoms with E-state index in [0.717, 1.165) is 0 Å². The molecule has 0 saturated heterocycles. The Balaban J connectivity index is 2.72. The summed E-state index contributed by atoms with van der Waals surface area (Å²) in [5.41, 5.74) is -0.0990. The molecule has 168 valence electrons. The molecule has 2 amide bonds. The lowest BCUT2D eigenvalue weighted by molar-refractivity contribution is -0.145. The minimum atomic E-state index is -0.698. The van der Waals surface area contributed by atoms with E-state index in [0.29, 0.717) is 23.6 Å². The van der Waals surface area contributed by atoms with Crippen molar-refractivity contribution in [1.82, 2.24) is 5.32 Å². The Morgan fingerprint density at radius 2 is 1.63 bits per heavy atom. The van der Waals surface area contributed by atoms with Gasteiger partial charge in [0.15, 0.2) is 0 Å². The Bertz CT molecular complexity index is 745. The molecule has 0 aliphatic heterocycles. The summed E-state index contributed by atoms with van der Waals surface area (Å²) in [6, 6.07) is 4.40. The van der Waals surface area contributed by atoms with Gasteiger partial charge in [-0.2, -0.15) is 0 Å². The van der Waals surface area contributed by atoms with Crippen LogP contribution in [0.5, 0.6) is 11.5 Å². The molecule has 1 unspecified atom stereocenters. The average molecular weight is 423 g/mol. The zero-order chi connectivity index (χ0) is 22.9. The Hall–Kier alpha value is -2.77. The van der Waals surface area contributed by atoms with Crippen molar-refractivity contribution in [1.29, 1.82) is 0 Å². The van der Waals surface area contributed by atoms with Crippen molar-refractivity contribution in [3.8, 4) is 11.5 Å². The quantitative estimate of drug-likeness (QED) is 0.531. The molecule has 0 aliphatic carbocycles. The fourth-order valence-corrected chi connectivity index (χ4v) is 3.10. The summed E-state index contributed by atoms with van der Waals surface area (Å²) < 4.78 is 15.2. The highest BCUT2D eigenvalue weighted by Crippen LogP contribution is 2.31. The number of nitrogens with one attached hydrogen (secondary N) is 2. The molecule has 0 saturated carbocycles. The zero-order valence-corrected chi connectivity index (χ0v) is 19.0. The third kappa shape index (κ3) is 8.31. The molecular formula is C22H34N2O6. The van der Waals surface area contributed by atoms with Crippen molar-refractivity contribution >= 4 is 23.5 Å². The molecule has 0 fully saturated rings. The topological polar surface area (TPSA) is 103 Å². The van der Waals surface area contributed by atoms with E-state index in [-0.39, 0.29) is 30.6 Å². The van der Waals surface area contributed by atoms with E-state index in [1.165, 1.54) is 14.2 Å². The maximum absolute atomic E-state index is 12.6. The Morgan fingerprint density at radius 1 is 1.00 bits per heavy atom. The first kappa shape index (κ1) is 25.3. The maximum atomic E-state index is 12.6. The Morgan fingerprint density at radius 3 is 2.17 bits per heavy atom. The smallest absolute Gasteiger partial charge is 0.328 e. The summed E-state index contributed by atoms with van der Waals surface area (Å²) >= 11 is 0. The highest BCUT2D eigenvalue weighted by Gasteiger charge is 2.29. The van der Waals surface area contributed by atoms with Crippen LogP contribution in [0, 0.1) is 11.3 Å². The SMILES string of the molecule is COC(=O)C(CC(C)C)NC(=O)CC(C)(C)CC(=O)Nc1ccc(OC)cc1OC. The number of hydrogen-bond donors (Lipinski definition) is 2. The van der Waals surface area contributed by atoms with Crippen molar-refractivity contribution in [3.05, 3.63) is 18.2 Å². The van der Waals surface area contributed by atoms with Crippen molar-refractivity contribution < 1.29 is 28.6 Å². The molecule has 0 aromatic heterocycles. The molecule has 8 heteroatoms. The van der Waals surface area contributed by atoms with Crippen LogP contribution in [0.15, 0.2) is 18.2 Å². The van der Waals surface area contributed by atoms with Gasteiger partial charge in [-0.25, -0.2) is 4.79 Å². The lowest BCUT2D eigenvalue weighted by Crippen LogP contribution is -2.43. The van der Waals surface area contributed by atoms with Crippen LogP contribution in [-0.4, -0.2) is 45.2 Å². The average Bonchev–Trinajstić information content (AvgIpc) is 2.65. The molecule has 0 heterocycles. The van der Waals surface area contributed by atoms with E-state index < -0.39 is 17.4 Å². The maximum Gasteiger partial charge on any atom is 0.328 e. The zero-order valence-electron chi connectivity index (χ0n) is 19.0. The molecule has 8 nitrogen and oxygen atoms in total. The molecule has 2 N–H and O–H groups in total. The summed E-state index contributed by atoms with van der Waals surface area (Å²) in [4.78, 5) is 37.0. The van der Waals surface area contributed by atoms with E-state index in [4.69, 9.17) is 14.2 Å². The van der Waals surface area contributed by atoms with Crippen LogP contribution in [0.2, 0.25) is 0 Å². The third-order valence-electron chi connectivity index (χ3n) is 4.49. The standard InChI is InChI=1S/C22H34N2O6/c1-14(2)10-17(21(27)30-7)24-20(26)13-22(3,4)12-19(25)23-16-9-8-15(28-5)11-18(16)29-6/h8-9,11,14,17H,10,12-13H2,1-7H3,(H,23,25)(H,24,26). The van der Waals surface area contributed by atoms with Gasteiger partial charge in [0.25, 0.3) is 0 Å². The van der Waals surface area contributed by atoms with Crippen LogP contribution >= 0.6 is 0 Å². The summed E-state index contributed by atoms with van der Waals surface area (Å²) in [7, 11) is 4.35. The van der Waals surface area contributed by atoms with Gasteiger partial charge in [-0.05, 0) is 29.9 Å². The van der Waals surface area contributed by atoms with Crippen LogP contribution in [0.4, 0.5) is 5.69 Å². The van der Waals surface area contributed by atoms with E-state index in [9.17, 15) is 14.4 Å². The second kappa shape index (κ2) is 11.4. The van der Waals surface area contributed by atoms with Crippen LogP contribution < -0.4 is 20.1 Å². The summed E-state index contributed by atoms with van der Waals surface area (Å²) in [6.45, 7) is 7.58. The second-order valence-electron chi connectivity index (χ2n) is 8.40. The van der Waals surface area contributed by atoms with Crippen molar-refractivity contribution in [2.75, 3.05) is 26.6 Å². The molecule has 0 radical (unpaired) electrons. The number of ether oxygens (including phenoxy) is 3. The van der Waals surface area contributed by atoms with Gasteiger partial charge in [-0.1, -0.05) is 27.7 Å². The normalized spacial score (nSPS) is 12.1. The van der Waals surface area contributed by atoms with E-state index >= 15 is 0 Å². The molecular weight excluding hydrogens is 388 g/mol. The number of benzene rings is 1. The predicted octanol–water partition coefficient (Wildman–Crippen LogP) is 3.15. The molecule has 0 aliphatic rings. The van der Waals surface area contributed by atoms with Gasteiger partial charge in [0.1, 0.15) is 17.5 Å². The first-order valence-corrected chi connectivity index (χ1v) is 9.90. The number of carbonyl (C=O) groups excluding carboxylic acids is 3. The number of amides is 2. The molecule has 0 spiro atoms. The Labute approximate surface area is 178 Å². The fraction of sp³-hybridized carbons (Fsp3) is 0.591. The molecule has 1 rings (SSSR count). The van der Waals surface area contributed by atoms with E-state index in [2.05, 4.69) is 10.6 Å². The number of anilines is 1. The molecule has 1 atom stereocenters. The third-order valence-corrected chi connectivity index (χ3v) is 4.49. The lowest BCUT2D eigenvalue weighted by atomic mass is 9.84. The van der Waals surface area contributed by atoms with Crippen molar-refractivity contribution in [2.24, 2.45) is 11.3 Å². The van der Waals surface area contributed by atoms with Gasteiger partial charge in [0.2, 0.25) is 11.8 Å². The second-order valence-corrected chi connectivity index (χ2v) is 8.40. The van der Waals surface area contributed by atoms with Gasteiger partial charge >= 0.3 is 5.97 Å². The Kier molecular flexibility index (Phi) is 9.62. The first-order valence-electron chi connectivity index (χ1n) is 9.90. The van der Waals surface area contributed by atoms with Gasteiger partial charge in [-0.3, -0.25) is 9.59 Å². The molecule has 1 aromatic carbocycles. The van der Waals surface area contributed by atoms with Gasteiger partial charge < -0.3 is 24.8 Å². The largest absolute Gasteiger partial charge is 0.497 e. The van der Waals surface area contributed by atoms with E-state index in [1.807, 2.05) is 27.7 Å². The van der Waals surface area contributed by atoms with E-state index in [1.54, 1.807) is 25.3 Å². The first-order chi connectivity index (χ1) is 14.0. The summed E-state index contributed by atoms with van der Waals surface area (Å²) in [5.74, 6) is 0.289. The van der Waals surface area contributed by atoms with Gasteiger partial charge in [0, 0.05) is 18.9 Å². The number of carbonyl (C=O) groups is 3. The highest BCUT2D eigenvalue weighted by molar-refractivity contribution is 5.93. The lowest BCUT2D eigenvalue weighted by Gasteiger charge is -2.25. The van der Waals surface area contributed by atoms with Crippen LogP contribution in [0.25, 0.3) is 0 Å². The molecule has 30 heavy (non-hydrogen) atoms. The highest BCUT2D eigenvalue weighted by atomic mass is 16.5. The fourth-order valence-electron chi connectivity index (χ4n) is 3.10. The number of rotatable bonds is 11. The predicted molar refractivity (Wildman–Crippen MR) is 115 cm³/mol. The number of esters is 1. The summed E-state index contributed by atoms with van der Waals surface area (Å²) in [6.07, 6.45) is 0.686. The van der Waals surface area contributed by atoms with Crippen molar-refractivity contribution in [3.63, 3.8) is 0 Å². The van der Waals surface area contributed by atoms with Crippen molar-refractivity contribution in [2.45, 2.75) is 53.0 Å². The van der Waals surface area contributed by atoms with Crippen LogP contribution in [0.1, 0.15) is 47.0 Å². The van der Waals surface area contributed by atoms with Gasteiger partial charge in [0.05, 0.1) is 27.0 Å². The monoisotopic (exact) mass is 422 g/mol. The molecule has 1 aromatic rings. The minimum Gasteiger partial charge on any atom is -0.497 e. The van der Waals surface area contributed by atoms with Crippen LogP contribution in [0.3, 0.4) is 0 Å². The molecule has 0 bridgehead atoms. The minimum absolute atomic E-state index is 0.0890. The van der Waals surface area contributed by atoms with Crippen LogP contribution in [-0.2, 0) is 19.1 Å². The number of hydrogen-bond acceptors (Lipinski definition) is 6. The summed E-state index contributed by atoms with van der Waals surface area (Å²) in [5, 5.41) is 5.54. The van der Waals surface area contributed by atoms with Gasteiger partial charge in [-0.15, -0.1) is 0 Å².